The van der Waals surface area contributed by atoms with Crippen LogP contribution in [0.15, 0.2) is 24.4 Å². The Labute approximate surface area is 111 Å². The van der Waals surface area contributed by atoms with Crippen LogP contribution in [-0.4, -0.2) is 19.2 Å². The van der Waals surface area contributed by atoms with Crippen LogP contribution in [-0.2, 0) is 12.8 Å². The molecule has 0 aliphatic heterocycles. The molecule has 0 fully saturated rings. The maximum atomic E-state index is 5.30. The lowest BCUT2D eigenvalue weighted by Gasteiger charge is -2.08. The van der Waals surface area contributed by atoms with Crippen molar-refractivity contribution in [3.8, 4) is 11.5 Å². The number of nitrogens with zero attached hydrogens (tertiary/aromatic N) is 1. The van der Waals surface area contributed by atoms with Crippen molar-refractivity contribution in [1.82, 2.24) is 4.98 Å². The third-order valence-corrected chi connectivity index (χ3v) is 3.89. The second kappa shape index (κ2) is 5.87. The molecule has 0 aliphatic carbocycles. The topological polar surface area (TPSA) is 31.4 Å². The van der Waals surface area contributed by atoms with Gasteiger partial charge in [-0.3, -0.25) is 0 Å². The molecule has 1 aromatic heterocycles. The van der Waals surface area contributed by atoms with Gasteiger partial charge in [-0.1, -0.05) is 13.0 Å². The summed E-state index contributed by atoms with van der Waals surface area (Å²) < 4.78 is 10.5. The molecule has 0 N–H and O–H groups in total. The summed E-state index contributed by atoms with van der Waals surface area (Å²) in [6, 6.07) is 5.99. The van der Waals surface area contributed by atoms with E-state index in [-0.39, 0.29) is 0 Å². The third kappa shape index (κ3) is 2.82. The van der Waals surface area contributed by atoms with Crippen LogP contribution in [0.2, 0.25) is 0 Å². The Morgan fingerprint density at radius 1 is 1.17 bits per heavy atom. The van der Waals surface area contributed by atoms with Crippen molar-refractivity contribution in [2.45, 2.75) is 19.8 Å². The first-order chi connectivity index (χ1) is 8.76. The van der Waals surface area contributed by atoms with Crippen LogP contribution in [0.25, 0.3) is 0 Å². The molecule has 2 aromatic rings. The zero-order valence-electron chi connectivity index (χ0n) is 10.9. The van der Waals surface area contributed by atoms with Gasteiger partial charge in [0.15, 0.2) is 11.5 Å². The van der Waals surface area contributed by atoms with Crippen molar-refractivity contribution in [2.24, 2.45) is 0 Å². The van der Waals surface area contributed by atoms with E-state index in [4.69, 9.17) is 9.47 Å². The van der Waals surface area contributed by atoms with Gasteiger partial charge in [-0.25, -0.2) is 4.98 Å². The average Bonchev–Trinajstić information content (AvgIpc) is 2.86. The zero-order valence-corrected chi connectivity index (χ0v) is 11.7. The zero-order chi connectivity index (χ0) is 13.0. The van der Waals surface area contributed by atoms with E-state index in [0.717, 1.165) is 29.3 Å². The molecule has 96 valence electrons. The molecule has 0 saturated heterocycles. The summed E-state index contributed by atoms with van der Waals surface area (Å²) in [6.45, 7) is 2.15. The van der Waals surface area contributed by atoms with Gasteiger partial charge in [0, 0.05) is 17.5 Å². The number of thiazole rings is 1. The Hall–Kier alpha value is -1.55. The van der Waals surface area contributed by atoms with Crippen LogP contribution in [0.5, 0.6) is 11.5 Å². The standard InChI is InChI=1S/C14H17NO2S/c1-4-11-9-15-14(18-11)8-10-5-6-12(16-2)13(7-10)17-3/h5-7,9H,4,8H2,1-3H3. The molecule has 1 heterocycles. The van der Waals surface area contributed by atoms with Crippen LogP contribution < -0.4 is 9.47 Å². The number of hydrogen-bond acceptors (Lipinski definition) is 4. The lowest BCUT2D eigenvalue weighted by molar-refractivity contribution is 0.354. The second-order valence-electron chi connectivity index (χ2n) is 3.94. The predicted octanol–water partition coefficient (Wildman–Crippen LogP) is 3.31. The Morgan fingerprint density at radius 2 is 1.94 bits per heavy atom. The van der Waals surface area contributed by atoms with Crippen molar-refractivity contribution in [1.29, 1.82) is 0 Å². The SMILES string of the molecule is CCc1cnc(Cc2ccc(OC)c(OC)c2)s1. The van der Waals surface area contributed by atoms with Gasteiger partial charge in [0.05, 0.1) is 19.2 Å². The van der Waals surface area contributed by atoms with Gasteiger partial charge in [-0.05, 0) is 24.1 Å². The van der Waals surface area contributed by atoms with Gasteiger partial charge in [0.25, 0.3) is 0 Å². The summed E-state index contributed by atoms with van der Waals surface area (Å²) >= 11 is 1.77. The molecule has 0 radical (unpaired) electrons. The molecule has 1 aromatic carbocycles. The fourth-order valence-electron chi connectivity index (χ4n) is 1.76. The molecule has 0 saturated carbocycles. The van der Waals surface area contributed by atoms with Crippen LogP contribution >= 0.6 is 11.3 Å². The molecule has 18 heavy (non-hydrogen) atoms. The molecule has 4 heteroatoms. The molecular weight excluding hydrogens is 246 g/mol. The molecule has 0 atom stereocenters. The molecular formula is C14H17NO2S. The van der Waals surface area contributed by atoms with Crippen molar-refractivity contribution < 1.29 is 9.47 Å². The third-order valence-electron chi connectivity index (χ3n) is 2.75. The van der Waals surface area contributed by atoms with E-state index >= 15 is 0 Å². The number of hydrogen-bond donors (Lipinski definition) is 0. The summed E-state index contributed by atoms with van der Waals surface area (Å²) in [7, 11) is 3.30. The van der Waals surface area contributed by atoms with E-state index < -0.39 is 0 Å². The molecule has 0 aliphatic rings. The normalized spacial score (nSPS) is 10.4. The Bertz CT molecular complexity index is 522. The smallest absolute Gasteiger partial charge is 0.160 e. The first-order valence-electron chi connectivity index (χ1n) is 5.91. The van der Waals surface area contributed by atoms with Gasteiger partial charge in [-0.15, -0.1) is 11.3 Å². The molecule has 0 spiro atoms. The Morgan fingerprint density at radius 3 is 2.56 bits per heavy atom. The second-order valence-corrected chi connectivity index (χ2v) is 5.14. The minimum absolute atomic E-state index is 0.759. The quantitative estimate of drug-likeness (QED) is 0.829. The molecule has 0 bridgehead atoms. The van der Waals surface area contributed by atoms with Gasteiger partial charge in [-0.2, -0.15) is 0 Å². The van der Waals surface area contributed by atoms with Gasteiger partial charge in [0.2, 0.25) is 0 Å². The fraction of sp³-hybridized carbons (Fsp3) is 0.357. The largest absolute Gasteiger partial charge is 0.493 e. The summed E-state index contributed by atoms with van der Waals surface area (Å²) in [5, 5.41) is 1.14. The van der Waals surface area contributed by atoms with E-state index in [1.165, 1.54) is 10.4 Å². The van der Waals surface area contributed by atoms with E-state index in [0.29, 0.717) is 0 Å². The minimum Gasteiger partial charge on any atom is -0.493 e. The highest BCUT2D eigenvalue weighted by Crippen LogP contribution is 2.29. The summed E-state index contributed by atoms with van der Waals surface area (Å²) in [6.07, 6.45) is 3.84. The van der Waals surface area contributed by atoms with E-state index in [9.17, 15) is 0 Å². The Balaban J connectivity index is 2.18. The first-order valence-corrected chi connectivity index (χ1v) is 6.73. The number of rotatable bonds is 5. The highest BCUT2D eigenvalue weighted by Gasteiger charge is 2.07. The van der Waals surface area contributed by atoms with Crippen LogP contribution in [0.1, 0.15) is 22.4 Å². The van der Waals surface area contributed by atoms with E-state index in [1.807, 2.05) is 24.4 Å². The van der Waals surface area contributed by atoms with Crippen molar-refractivity contribution >= 4 is 11.3 Å². The molecule has 0 unspecified atom stereocenters. The van der Waals surface area contributed by atoms with Crippen LogP contribution in [0.3, 0.4) is 0 Å². The number of ether oxygens (including phenoxy) is 2. The Kier molecular flexibility index (Phi) is 4.20. The molecule has 2 rings (SSSR count). The summed E-state index contributed by atoms with van der Waals surface area (Å²) in [5.41, 5.74) is 1.18. The minimum atomic E-state index is 0.759. The van der Waals surface area contributed by atoms with Crippen LogP contribution in [0, 0.1) is 0 Å². The van der Waals surface area contributed by atoms with Crippen molar-refractivity contribution in [3.63, 3.8) is 0 Å². The highest BCUT2D eigenvalue weighted by molar-refractivity contribution is 7.11. The summed E-state index contributed by atoms with van der Waals surface area (Å²) in [4.78, 5) is 5.75. The number of methoxy groups -OCH3 is 2. The first kappa shape index (κ1) is 12.9. The fourth-order valence-corrected chi connectivity index (χ4v) is 2.66. The van der Waals surface area contributed by atoms with Gasteiger partial charge >= 0.3 is 0 Å². The van der Waals surface area contributed by atoms with E-state index in [2.05, 4.69) is 11.9 Å². The lowest BCUT2D eigenvalue weighted by atomic mass is 10.1. The monoisotopic (exact) mass is 263 g/mol. The number of aryl methyl sites for hydroxylation is 1. The number of benzene rings is 1. The highest BCUT2D eigenvalue weighted by atomic mass is 32.1. The molecule has 0 amide bonds. The summed E-state index contributed by atoms with van der Waals surface area (Å²) in [5.74, 6) is 1.52. The average molecular weight is 263 g/mol. The lowest BCUT2D eigenvalue weighted by Crippen LogP contribution is -1.93. The van der Waals surface area contributed by atoms with Gasteiger partial charge in [0.1, 0.15) is 0 Å². The number of aromatic nitrogens is 1. The molecule has 3 nitrogen and oxygen atoms in total. The van der Waals surface area contributed by atoms with Crippen molar-refractivity contribution in [2.75, 3.05) is 14.2 Å². The van der Waals surface area contributed by atoms with Gasteiger partial charge < -0.3 is 9.47 Å². The van der Waals surface area contributed by atoms with E-state index in [1.54, 1.807) is 25.6 Å². The van der Waals surface area contributed by atoms with Crippen LogP contribution in [0.4, 0.5) is 0 Å². The maximum absolute atomic E-state index is 5.30. The predicted molar refractivity (Wildman–Crippen MR) is 73.8 cm³/mol. The maximum Gasteiger partial charge on any atom is 0.160 e. The van der Waals surface area contributed by atoms with Crippen molar-refractivity contribution in [3.05, 3.63) is 39.8 Å².